The van der Waals surface area contributed by atoms with Gasteiger partial charge in [0.15, 0.2) is 0 Å². The fraction of sp³-hybridized carbons (Fsp3) is 0.417. The Bertz CT molecular complexity index is 421. The molecule has 0 spiro atoms. The zero-order valence-corrected chi connectivity index (χ0v) is 11.4. The second kappa shape index (κ2) is 5.60. The van der Waals surface area contributed by atoms with E-state index in [0.717, 1.165) is 0 Å². The Morgan fingerprint density at radius 3 is 2.76 bits per heavy atom. The van der Waals surface area contributed by atoms with E-state index in [9.17, 15) is 9.18 Å². The molecule has 0 amide bonds. The van der Waals surface area contributed by atoms with E-state index in [4.69, 9.17) is 10.5 Å². The number of benzene rings is 1. The van der Waals surface area contributed by atoms with Gasteiger partial charge in [0.2, 0.25) is 0 Å². The summed E-state index contributed by atoms with van der Waals surface area (Å²) in [4.78, 5) is 11.4. The smallest absolute Gasteiger partial charge is 0.307 e. The molecule has 0 radical (unpaired) electrons. The highest BCUT2D eigenvalue weighted by Gasteiger charge is 2.26. The second-order valence-corrected chi connectivity index (χ2v) is 4.88. The van der Waals surface area contributed by atoms with Crippen LogP contribution in [0.25, 0.3) is 0 Å². The Morgan fingerprint density at radius 1 is 1.59 bits per heavy atom. The lowest BCUT2D eigenvalue weighted by Crippen LogP contribution is -2.36. The van der Waals surface area contributed by atoms with Gasteiger partial charge in [-0.1, -0.05) is 6.07 Å². The van der Waals surface area contributed by atoms with Gasteiger partial charge < -0.3 is 10.5 Å². The van der Waals surface area contributed by atoms with E-state index in [1.165, 1.54) is 6.07 Å². The van der Waals surface area contributed by atoms with Gasteiger partial charge in [0.25, 0.3) is 0 Å². The number of halogens is 2. The minimum absolute atomic E-state index is 0.0545. The molecule has 0 fully saturated rings. The SMILES string of the molecule is CCOC(=O)CC(C)(N)c1ccc(F)c(Br)c1. The third-order valence-electron chi connectivity index (χ3n) is 2.40. The van der Waals surface area contributed by atoms with Crippen LogP contribution in [0.4, 0.5) is 4.39 Å². The summed E-state index contributed by atoms with van der Waals surface area (Å²) in [6, 6.07) is 4.46. The van der Waals surface area contributed by atoms with Crippen LogP contribution in [0, 0.1) is 5.82 Å². The molecule has 1 rings (SSSR count). The molecular formula is C12H15BrFNO2. The Kier molecular flexibility index (Phi) is 4.65. The van der Waals surface area contributed by atoms with Crippen LogP contribution in [0.1, 0.15) is 25.8 Å². The van der Waals surface area contributed by atoms with Crippen molar-refractivity contribution in [3.63, 3.8) is 0 Å². The first-order valence-electron chi connectivity index (χ1n) is 5.27. The van der Waals surface area contributed by atoms with E-state index in [-0.39, 0.29) is 18.2 Å². The highest BCUT2D eigenvalue weighted by atomic mass is 79.9. The quantitative estimate of drug-likeness (QED) is 0.870. The Balaban J connectivity index is 2.88. The number of nitrogens with two attached hydrogens (primary N) is 1. The third kappa shape index (κ3) is 3.78. The van der Waals surface area contributed by atoms with Crippen molar-refractivity contribution in [2.75, 3.05) is 6.61 Å². The first kappa shape index (κ1) is 14.1. The van der Waals surface area contributed by atoms with Gasteiger partial charge in [-0.25, -0.2) is 4.39 Å². The lowest BCUT2D eigenvalue weighted by atomic mass is 9.90. The summed E-state index contributed by atoms with van der Waals surface area (Å²) in [6.45, 7) is 3.77. The Labute approximate surface area is 108 Å². The largest absolute Gasteiger partial charge is 0.466 e. The fourth-order valence-corrected chi connectivity index (χ4v) is 1.84. The molecular weight excluding hydrogens is 289 g/mol. The molecule has 1 unspecified atom stereocenters. The Morgan fingerprint density at radius 2 is 2.24 bits per heavy atom. The van der Waals surface area contributed by atoms with Crippen molar-refractivity contribution in [1.82, 2.24) is 0 Å². The monoisotopic (exact) mass is 303 g/mol. The van der Waals surface area contributed by atoms with Gasteiger partial charge in [-0.05, 0) is 47.5 Å². The minimum Gasteiger partial charge on any atom is -0.466 e. The molecule has 1 aromatic carbocycles. The number of ether oxygens (including phenoxy) is 1. The van der Waals surface area contributed by atoms with E-state index in [1.807, 2.05) is 0 Å². The summed E-state index contributed by atoms with van der Waals surface area (Å²) in [5.41, 5.74) is 5.85. The number of carbonyl (C=O) groups excluding carboxylic acids is 1. The summed E-state index contributed by atoms with van der Waals surface area (Å²) in [6.07, 6.45) is 0.0545. The number of esters is 1. The van der Waals surface area contributed by atoms with Crippen LogP contribution in [0.5, 0.6) is 0 Å². The topological polar surface area (TPSA) is 52.3 Å². The van der Waals surface area contributed by atoms with E-state index in [0.29, 0.717) is 16.6 Å². The molecule has 17 heavy (non-hydrogen) atoms. The first-order chi connectivity index (χ1) is 7.86. The van der Waals surface area contributed by atoms with Crippen molar-refractivity contribution in [3.05, 3.63) is 34.1 Å². The maximum Gasteiger partial charge on any atom is 0.307 e. The summed E-state index contributed by atoms with van der Waals surface area (Å²) in [7, 11) is 0. The zero-order chi connectivity index (χ0) is 13.1. The van der Waals surface area contributed by atoms with E-state index in [1.54, 1.807) is 26.0 Å². The standard InChI is InChI=1S/C12H15BrFNO2/c1-3-17-11(16)7-12(2,15)8-4-5-10(14)9(13)6-8/h4-6H,3,7,15H2,1-2H3. The summed E-state index contributed by atoms with van der Waals surface area (Å²) >= 11 is 3.09. The molecule has 0 aliphatic carbocycles. The van der Waals surface area contributed by atoms with Gasteiger partial charge in [0.05, 0.1) is 17.5 Å². The first-order valence-corrected chi connectivity index (χ1v) is 6.06. The lowest BCUT2D eigenvalue weighted by molar-refractivity contribution is -0.144. The molecule has 5 heteroatoms. The Hall–Kier alpha value is -0.940. The van der Waals surface area contributed by atoms with Crippen LogP contribution in [0.3, 0.4) is 0 Å². The van der Waals surface area contributed by atoms with E-state index < -0.39 is 5.54 Å². The van der Waals surface area contributed by atoms with Gasteiger partial charge in [-0.2, -0.15) is 0 Å². The van der Waals surface area contributed by atoms with Crippen molar-refractivity contribution in [3.8, 4) is 0 Å². The van der Waals surface area contributed by atoms with Crippen molar-refractivity contribution in [1.29, 1.82) is 0 Å². The minimum atomic E-state index is -0.873. The summed E-state index contributed by atoms with van der Waals surface area (Å²) in [5.74, 6) is -0.723. The molecule has 0 heterocycles. The lowest BCUT2D eigenvalue weighted by Gasteiger charge is -2.24. The van der Waals surface area contributed by atoms with E-state index in [2.05, 4.69) is 15.9 Å². The van der Waals surface area contributed by atoms with E-state index >= 15 is 0 Å². The molecule has 0 saturated heterocycles. The molecule has 1 atom stereocenters. The van der Waals surface area contributed by atoms with Crippen LogP contribution < -0.4 is 5.73 Å². The molecule has 2 N–H and O–H groups in total. The maximum absolute atomic E-state index is 13.1. The average Bonchev–Trinajstić information content (AvgIpc) is 2.21. The molecule has 0 bridgehead atoms. The van der Waals surface area contributed by atoms with Crippen LogP contribution in [0.2, 0.25) is 0 Å². The predicted molar refractivity (Wildman–Crippen MR) is 66.9 cm³/mol. The van der Waals surface area contributed by atoms with Gasteiger partial charge >= 0.3 is 5.97 Å². The average molecular weight is 304 g/mol. The summed E-state index contributed by atoms with van der Waals surface area (Å²) in [5, 5.41) is 0. The van der Waals surface area contributed by atoms with Crippen LogP contribution in [0.15, 0.2) is 22.7 Å². The van der Waals surface area contributed by atoms with Gasteiger partial charge in [-0.15, -0.1) is 0 Å². The van der Waals surface area contributed by atoms with Gasteiger partial charge in [-0.3, -0.25) is 4.79 Å². The van der Waals surface area contributed by atoms with Gasteiger partial charge in [0, 0.05) is 5.54 Å². The van der Waals surface area contributed by atoms with Crippen LogP contribution >= 0.6 is 15.9 Å². The maximum atomic E-state index is 13.1. The normalized spacial score (nSPS) is 14.2. The number of hydrogen-bond donors (Lipinski definition) is 1. The van der Waals surface area contributed by atoms with Crippen LogP contribution in [-0.2, 0) is 15.1 Å². The van der Waals surface area contributed by atoms with Crippen molar-refractivity contribution < 1.29 is 13.9 Å². The van der Waals surface area contributed by atoms with Crippen molar-refractivity contribution in [2.45, 2.75) is 25.8 Å². The highest BCUT2D eigenvalue weighted by molar-refractivity contribution is 9.10. The molecule has 0 aliphatic heterocycles. The number of carbonyl (C=O) groups is 1. The molecule has 0 aromatic heterocycles. The third-order valence-corrected chi connectivity index (χ3v) is 3.00. The summed E-state index contributed by atoms with van der Waals surface area (Å²) < 4.78 is 18.3. The zero-order valence-electron chi connectivity index (χ0n) is 9.80. The molecule has 0 saturated carbocycles. The number of rotatable bonds is 4. The highest BCUT2D eigenvalue weighted by Crippen LogP contribution is 2.26. The van der Waals surface area contributed by atoms with Crippen molar-refractivity contribution >= 4 is 21.9 Å². The number of hydrogen-bond acceptors (Lipinski definition) is 3. The molecule has 0 aliphatic rings. The second-order valence-electron chi connectivity index (χ2n) is 4.03. The molecule has 3 nitrogen and oxygen atoms in total. The molecule has 1 aromatic rings. The van der Waals surface area contributed by atoms with Crippen LogP contribution in [-0.4, -0.2) is 12.6 Å². The molecule has 94 valence electrons. The fourth-order valence-electron chi connectivity index (χ4n) is 1.47. The van der Waals surface area contributed by atoms with Gasteiger partial charge in [0.1, 0.15) is 5.82 Å². The predicted octanol–water partition coefficient (Wildman–Crippen LogP) is 2.72. The van der Waals surface area contributed by atoms with Crippen molar-refractivity contribution in [2.24, 2.45) is 5.73 Å².